The Bertz CT molecular complexity index is 1470. The fraction of sp³-hybridized carbons (Fsp3) is 0.357. The Hall–Kier alpha value is -3.87. The summed E-state index contributed by atoms with van der Waals surface area (Å²) >= 11 is 0. The molecule has 0 spiro atoms. The van der Waals surface area contributed by atoms with E-state index in [9.17, 15) is 23.1 Å². The van der Waals surface area contributed by atoms with E-state index < -0.39 is 28.1 Å². The van der Waals surface area contributed by atoms with E-state index in [4.69, 9.17) is 4.74 Å². The number of nitrogens with one attached hydrogen (secondary N) is 1. The maximum Gasteiger partial charge on any atom is 0.275 e. The smallest absolute Gasteiger partial charge is 0.275 e. The number of sulfonamides is 1. The SMILES string of the molecule is Cc1ccc(S(=O)(=O)N(C)C[C@H]2Oc3c(NC(=O)c4cnccn4)cccc3C(=O)N([C@H](C)CO)C[C@H]2C)cc1. The van der Waals surface area contributed by atoms with Crippen LogP contribution in [0.15, 0.2) is 66.0 Å². The van der Waals surface area contributed by atoms with Gasteiger partial charge in [-0.3, -0.25) is 14.6 Å². The second-order valence-corrected chi connectivity index (χ2v) is 12.0. The van der Waals surface area contributed by atoms with Crippen LogP contribution in [0.4, 0.5) is 5.69 Å². The van der Waals surface area contributed by atoms with Gasteiger partial charge in [0.2, 0.25) is 10.0 Å². The maximum absolute atomic E-state index is 13.6. The Morgan fingerprint density at radius 1 is 1.23 bits per heavy atom. The molecule has 1 aliphatic rings. The number of para-hydroxylation sites is 1. The van der Waals surface area contributed by atoms with Crippen LogP contribution in [-0.2, 0) is 10.0 Å². The first-order valence-electron chi connectivity index (χ1n) is 12.8. The van der Waals surface area contributed by atoms with Crippen LogP contribution in [0.2, 0.25) is 0 Å². The lowest BCUT2D eigenvalue weighted by Crippen LogP contribution is -2.50. The first-order chi connectivity index (χ1) is 19.0. The molecule has 0 saturated heterocycles. The van der Waals surface area contributed by atoms with Crippen LogP contribution in [0.3, 0.4) is 0 Å². The molecular weight excluding hydrogens is 534 g/mol. The van der Waals surface area contributed by atoms with Crippen LogP contribution in [0.25, 0.3) is 0 Å². The second-order valence-electron chi connectivity index (χ2n) is 9.95. The van der Waals surface area contributed by atoms with Gasteiger partial charge in [-0.05, 0) is 38.1 Å². The van der Waals surface area contributed by atoms with Crippen molar-refractivity contribution in [3.8, 4) is 5.75 Å². The number of nitrogens with zero attached hydrogens (tertiary/aromatic N) is 4. The number of fused-ring (bicyclic) bond motifs is 1. The summed E-state index contributed by atoms with van der Waals surface area (Å²) in [6, 6.07) is 10.9. The molecule has 1 aromatic heterocycles. The van der Waals surface area contributed by atoms with Crippen LogP contribution in [0.1, 0.15) is 40.3 Å². The number of carbonyl (C=O) groups excluding carboxylic acids is 2. The summed E-state index contributed by atoms with van der Waals surface area (Å²) in [6.45, 7) is 5.40. The lowest BCUT2D eigenvalue weighted by Gasteiger charge is -2.38. The summed E-state index contributed by atoms with van der Waals surface area (Å²) < 4.78 is 34.4. The number of amides is 2. The quantitative estimate of drug-likeness (QED) is 0.423. The van der Waals surface area contributed by atoms with E-state index in [1.165, 1.54) is 29.9 Å². The van der Waals surface area contributed by atoms with Crippen molar-refractivity contribution >= 4 is 27.5 Å². The van der Waals surface area contributed by atoms with E-state index >= 15 is 0 Å². The van der Waals surface area contributed by atoms with Gasteiger partial charge in [0.1, 0.15) is 11.8 Å². The zero-order valence-corrected chi connectivity index (χ0v) is 23.6. The third-order valence-electron chi connectivity index (χ3n) is 6.90. The van der Waals surface area contributed by atoms with Crippen LogP contribution in [0, 0.1) is 12.8 Å². The minimum atomic E-state index is -3.84. The third kappa shape index (κ3) is 6.14. The van der Waals surface area contributed by atoms with Crippen molar-refractivity contribution < 1.29 is 27.9 Å². The molecule has 1 aliphatic heterocycles. The largest absolute Gasteiger partial charge is 0.486 e. The lowest BCUT2D eigenvalue weighted by atomic mass is 9.99. The number of rotatable bonds is 8. The highest BCUT2D eigenvalue weighted by Crippen LogP contribution is 2.35. The molecule has 12 heteroatoms. The summed E-state index contributed by atoms with van der Waals surface area (Å²) in [5, 5.41) is 12.6. The van der Waals surface area contributed by atoms with Crippen molar-refractivity contribution in [2.24, 2.45) is 5.92 Å². The Labute approximate surface area is 233 Å². The molecule has 0 fully saturated rings. The number of aliphatic hydroxyl groups excluding tert-OH is 1. The summed E-state index contributed by atoms with van der Waals surface area (Å²) in [5.41, 5.74) is 1.41. The van der Waals surface area contributed by atoms with E-state index in [0.29, 0.717) is 0 Å². The molecule has 0 radical (unpaired) electrons. The van der Waals surface area contributed by atoms with Crippen molar-refractivity contribution in [2.75, 3.05) is 32.1 Å². The molecule has 0 saturated carbocycles. The lowest BCUT2D eigenvalue weighted by molar-refractivity contribution is 0.0388. The van der Waals surface area contributed by atoms with Crippen molar-refractivity contribution in [1.82, 2.24) is 19.2 Å². The predicted octanol–water partition coefficient (Wildman–Crippen LogP) is 2.58. The molecule has 2 heterocycles. The van der Waals surface area contributed by atoms with E-state index in [-0.39, 0.29) is 59.1 Å². The molecule has 3 aromatic rings. The van der Waals surface area contributed by atoms with Gasteiger partial charge in [0.15, 0.2) is 5.75 Å². The second kappa shape index (κ2) is 12.1. The van der Waals surface area contributed by atoms with Gasteiger partial charge in [-0.2, -0.15) is 4.31 Å². The van der Waals surface area contributed by atoms with Crippen LogP contribution < -0.4 is 10.1 Å². The first-order valence-corrected chi connectivity index (χ1v) is 14.3. The topological polar surface area (TPSA) is 142 Å². The summed E-state index contributed by atoms with van der Waals surface area (Å²) in [7, 11) is -2.36. The number of likely N-dealkylation sites (N-methyl/N-ethyl adjacent to an activating group) is 1. The van der Waals surface area contributed by atoms with Gasteiger partial charge in [0.25, 0.3) is 11.8 Å². The molecule has 40 heavy (non-hydrogen) atoms. The number of hydrogen-bond donors (Lipinski definition) is 2. The monoisotopic (exact) mass is 567 g/mol. The minimum absolute atomic E-state index is 0.0290. The molecule has 3 atom stereocenters. The molecule has 0 aliphatic carbocycles. The maximum atomic E-state index is 13.6. The highest BCUT2D eigenvalue weighted by atomic mass is 32.2. The van der Waals surface area contributed by atoms with Gasteiger partial charge in [-0.1, -0.05) is 30.7 Å². The number of aliphatic hydroxyl groups is 1. The molecule has 0 unspecified atom stereocenters. The van der Waals surface area contributed by atoms with Gasteiger partial charge in [0, 0.05) is 31.9 Å². The molecule has 2 N–H and O–H groups in total. The molecule has 0 bridgehead atoms. The Morgan fingerprint density at radius 3 is 2.60 bits per heavy atom. The number of carbonyl (C=O) groups is 2. The van der Waals surface area contributed by atoms with Crippen LogP contribution >= 0.6 is 0 Å². The average molecular weight is 568 g/mol. The van der Waals surface area contributed by atoms with Gasteiger partial charge < -0.3 is 20.1 Å². The number of anilines is 1. The predicted molar refractivity (Wildman–Crippen MR) is 149 cm³/mol. The fourth-order valence-electron chi connectivity index (χ4n) is 4.40. The zero-order valence-electron chi connectivity index (χ0n) is 22.8. The zero-order chi connectivity index (χ0) is 29.0. The first kappa shape index (κ1) is 29.1. The molecule has 4 rings (SSSR count). The highest BCUT2D eigenvalue weighted by Gasteiger charge is 2.36. The molecule has 2 aromatic carbocycles. The van der Waals surface area contributed by atoms with E-state index in [1.54, 1.807) is 54.3 Å². The van der Waals surface area contributed by atoms with E-state index in [2.05, 4.69) is 15.3 Å². The van der Waals surface area contributed by atoms with E-state index in [0.717, 1.165) is 5.56 Å². The standard InChI is InChI=1S/C28H33N5O6S/c1-18-8-10-21(11-9-18)40(37,38)32(4)16-25-19(2)15-33(20(3)17-34)28(36)22-6-5-7-23(26(22)39-25)31-27(35)24-14-29-12-13-30-24/h5-14,19-20,25,34H,15-17H2,1-4H3,(H,31,35)/t19-,20-,25-/m1/s1. The Balaban J connectivity index is 1.72. The summed E-state index contributed by atoms with van der Waals surface area (Å²) in [4.78, 5) is 36.2. The van der Waals surface area contributed by atoms with Crippen LogP contribution in [-0.4, -0.2) is 83.4 Å². The van der Waals surface area contributed by atoms with Crippen LogP contribution in [0.5, 0.6) is 5.75 Å². The number of aromatic nitrogens is 2. The highest BCUT2D eigenvalue weighted by molar-refractivity contribution is 7.89. The Morgan fingerprint density at radius 2 is 1.95 bits per heavy atom. The van der Waals surface area contributed by atoms with Crippen molar-refractivity contribution in [3.05, 3.63) is 77.9 Å². The van der Waals surface area contributed by atoms with Gasteiger partial charge in [0.05, 0.1) is 41.5 Å². The van der Waals surface area contributed by atoms with Crippen molar-refractivity contribution in [2.45, 2.75) is 37.8 Å². The average Bonchev–Trinajstić information content (AvgIpc) is 2.95. The van der Waals surface area contributed by atoms with Gasteiger partial charge >= 0.3 is 0 Å². The molecule has 2 amide bonds. The number of hydrogen-bond acceptors (Lipinski definition) is 8. The Kier molecular flexibility index (Phi) is 8.82. The van der Waals surface area contributed by atoms with Gasteiger partial charge in [-0.25, -0.2) is 13.4 Å². The molecular formula is C28H33N5O6S. The van der Waals surface area contributed by atoms with Gasteiger partial charge in [-0.15, -0.1) is 0 Å². The number of ether oxygens (including phenoxy) is 1. The minimum Gasteiger partial charge on any atom is -0.486 e. The van der Waals surface area contributed by atoms with Crippen molar-refractivity contribution in [3.63, 3.8) is 0 Å². The fourth-order valence-corrected chi connectivity index (χ4v) is 5.59. The van der Waals surface area contributed by atoms with Crippen molar-refractivity contribution in [1.29, 1.82) is 0 Å². The third-order valence-corrected chi connectivity index (χ3v) is 8.74. The summed E-state index contributed by atoms with van der Waals surface area (Å²) in [5.74, 6) is -1.16. The van der Waals surface area contributed by atoms with E-state index in [1.807, 2.05) is 13.8 Å². The number of benzene rings is 2. The molecule has 11 nitrogen and oxygen atoms in total. The number of aryl methyl sites for hydroxylation is 1. The summed E-state index contributed by atoms with van der Waals surface area (Å²) in [6.07, 6.45) is 3.44. The molecule has 212 valence electrons. The normalized spacial score (nSPS) is 18.4.